The van der Waals surface area contributed by atoms with Gasteiger partial charge in [0.25, 0.3) is 5.69 Å². The number of nitro groups is 1. The van der Waals surface area contributed by atoms with Crippen molar-refractivity contribution in [3.63, 3.8) is 0 Å². The Kier molecular flexibility index (Phi) is 4.91. The molecule has 0 unspecified atom stereocenters. The van der Waals surface area contributed by atoms with Gasteiger partial charge in [0, 0.05) is 31.9 Å². The molecular formula is C18H18N2O3. The number of rotatable bonds is 5. The highest BCUT2D eigenvalue weighted by molar-refractivity contribution is 6.29. The molecule has 0 heterocycles. The quantitative estimate of drug-likeness (QED) is 0.366. The number of benzene rings is 2. The zero-order chi connectivity index (χ0) is 17.0. The van der Waals surface area contributed by atoms with Crippen molar-refractivity contribution < 1.29 is 9.72 Å². The van der Waals surface area contributed by atoms with E-state index in [0.29, 0.717) is 16.7 Å². The predicted octanol–water partition coefficient (Wildman–Crippen LogP) is 3.69. The third kappa shape index (κ3) is 3.83. The minimum absolute atomic E-state index is 0.0824. The lowest BCUT2D eigenvalue weighted by Gasteiger charge is -2.12. The Morgan fingerprint density at radius 2 is 1.70 bits per heavy atom. The monoisotopic (exact) mass is 310 g/mol. The molecule has 2 aromatic rings. The molecule has 5 nitrogen and oxygen atoms in total. The maximum Gasteiger partial charge on any atom is 0.277 e. The fourth-order valence-electron chi connectivity index (χ4n) is 2.23. The van der Waals surface area contributed by atoms with Crippen LogP contribution in [0.4, 0.5) is 5.69 Å². The number of carbonyl (C=O) groups is 1. The van der Waals surface area contributed by atoms with Crippen LogP contribution in [-0.4, -0.2) is 29.7 Å². The molecule has 23 heavy (non-hydrogen) atoms. The van der Waals surface area contributed by atoms with E-state index in [-0.39, 0.29) is 11.5 Å². The Hall–Kier alpha value is -2.95. The Labute approximate surface area is 135 Å². The van der Waals surface area contributed by atoms with Gasteiger partial charge in [0.2, 0.25) is 0 Å². The van der Waals surface area contributed by atoms with Gasteiger partial charge in [-0.1, -0.05) is 42.0 Å². The van der Waals surface area contributed by atoms with Crippen LogP contribution >= 0.6 is 0 Å². The largest absolute Gasteiger partial charge is 0.383 e. The molecule has 0 atom stereocenters. The number of para-hydroxylation sites is 1. The van der Waals surface area contributed by atoms with Crippen molar-refractivity contribution >= 4 is 17.0 Å². The smallest absolute Gasteiger partial charge is 0.277 e. The second-order valence-electron chi connectivity index (χ2n) is 5.48. The van der Waals surface area contributed by atoms with E-state index in [1.807, 2.05) is 19.1 Å². The number of Topliss-reactive ketones (excluding diaryl/α,β-unsaturated/α-hetero) is 1. The number of nitrogens with zero attached hydrogens (tertiary/aromatic N) is 2. The van der Waals surface area contributed by atoms with Crippen LogP contribution in [0.1, 0.15) is 21.5 Å². The van der Waals surface area contributed by atoms with Gasteiger partial charge in [-0.2, -0.15) is 0 Å². The number of ketones is 1. The number of aryl methyl sites for hydroxylation is 1. The van der Waals surface area contributed by atoms with E-state index >= 15 is 0 Å². The van der Waals surface area contributed by atoms with Crippen molar-refractivity contribution in [3.05, 3.63) is 81.5 Å². The summed E-state index contributed by atoms with van der Waals surface area (Å²) in [6, 6.07) is 13.4. The van der Waals surface area contributed by atoms with Crippen molar-refractivity contribution in [3.8, 4) is 0 Å². The lowest BCUT2D eigenvalue weighted by Crippen LogP contribution is -2.10. The predicted molar refractivity (Wildman–Crippen MR) is 90.3 cm³/mol. The summed E-state index contributed by atoms with van der Waals surface area (Å²) in [5.74, 6) is -0.243. The van der Waals surface area contributed by atoms with Crippen LogP contribution in [0.2, 0.25) is 0 Å². The van der Waals surface area contributed by atoms with Crippen molar-refractivity contribution in [2.24, 2.45) is 0 Å². The molecule has 0 amide bonds. The molecule has 0 N–H and O–H groups in total. The minimum atomic E-state index is -0.471. The Morgan fingerprint density at radius 1 is 1.09 bits per heavy atom. The van der Waals surface area contributed by atoms with Crippen LogP contribution in [0.15, 0.2) is 54.7 Å². The van der Waals surface area contributed by atoms with E-state index in [9.17, 15) is 14.9 Å². The molecular weight excluding hydrogens is 292 g/mol. The maximum atomic E-state index is 12.8. The highest BCUT2D eigenvalue weighted by Gasteiger charge is 2.22. The van der Waals surface area contributed by atoms with Gasteiger partial charge in [-0.25, -0.2) is 0 Å². The van der Waals surface area contributed by atoms with Crippen LogP contribution in [0.5, 0.6) is 0 Å². The average Bonchev–Trinajstić information content (AvgIpc) is 2.52. The lowest BCUT2D eigenvalue weighted by molar-refractivity contribution is -0.385. The summed E-state index contributed by atoms with van der Waals surface area (Å²) in [5.41, 5.74) is 2.08. The second kappa shape index (κ2) is 6.87. The molecule has 0 saturated heterocycles. The zero-order valence-corrected chi connectivity index (χ0v) is 13.3. The van der Waals surface area contributed by atoms with E-state index in [1.165, 1.54) is 6.07 Å². The molecule has 0 aliphatic carbocycles. The van der Waals surface area contributed by atoms with Gasteiger partial charge in [-0.15, -0.1) is 0 Å². The van der Waals surface area contributed by atoms with Gasteiger partial charge in [0.15, 0.2) is 5.78 Å². The number of nitro benzene ring substituents is 1. The van der Waals surface area contributed by atoms with Gasteiger partial charge in [-0.05, 0) is 13.0 Å². The van der Waals surface area contributed by atoms with E-state index < -0.39 is 4.92 Å². The molecule has 2 rings (SSSR count). The summed E-state index contributed by atoms with van der Waals surface area (Å²) >= 11 is 0. The van der Waals surface area contributed by atoms with Crippen molar-refractivity contribution in [2.45, 2.75) is 6.92 Å². The Balaban J connectivity index is 2.57. The number of carbonyl (C=O) groups excluding carboxylic acids is 1. The minimum Gasteiger partial charge on any atom is -0.383 e. The fraction of sp³-hybridized carbons (Fsp3) is 0.167. The van der Waals surface area contributed by atoms with Crippen molar-refractivity contribution in [1.29, 1.82) is 0 Å². The normalized spacial score (nSPS) is 11.2. The number of allylic oxidation sites excluding steroid dienone is 1. The Morgan fingerprint density at radius 3 is 2.26 bits per heavy atom. The molecule has 0 fully saturated rings. The number of hydrogen-bond acceptors (Lipinski definition) is 4. The fourth-order valence-corrected chi connectivity index (χ4v) is 2.23. The van der Waals surface area contributed by atoms with Crippen molar-refractivity contribution in [2.75, 3.05) is 14.1 Å². The molecule has 0 aliphatic rings. The highest BCUT2D eigenvalue weighted by atomic mass is 16.6. The van der Waals surface area contributed by atoms with E-state index in [4.69, 9.17) is 0 Å². The van der Waals surface area contributed by atoms with Crippen LogP contribution in [0, 0.1) is 17.0 Å². The third-order valence-corrected chi connectivity index (χ3v) is 3.34. The van der Waals surface area contributed by atoms with Gasteiger partial charge >= 0.3 is 0 Å². The molecule has 0 bridgehead atoms. The SMILES string of the molecule is Cc1ccc(C(=O)/C(=C\N(C)C)c2ccccc2[N+](=O)[O-])cc1. The zero-order valence-electron chi connectivity index (χ0n) is 13.3. The first kappa shape index (κ1) is 16.4. The molecule has 0 aromatic heterocycles. The summed E-state index contributed by atoms with van der Waals surface area (Å²) in [6.07, 6.45) is 1.62. The van der Waals surface area contributed by atoms with E-state index in [1.54, 1.807) is 55.5 Å². The molecule has 0 saturated carbocycles. The molecule has 0 aliphatic heterocycles. The van der Waals surface area contributed by atoms with Crippen LogP contribution in [0.3, 0.4) is 0 Å². The summed E-state index contributed by atoms with van der Waals surface area (Å²) in [4.78, 5) is 25.4. The molecule has 2 aromatic carbocycles. The van der Waals surface area contributed by atoms with Gasteiger partial charge in [0.05, 0.1) is 16.1 Å². The Bertz CT molecular complexity index is 762. The number of hydrogen-bond donors (Lipinski definition) is 0. The van der Waals surface area contributed by atoms with E-state index in [2.05, 4.69) is 0 Å². The van der Waals surface area contributed by atoms with Crippen LogP contribution < -0.4 is 0 Å². The van der Waals surface area contributed by atoms with Crippen LogP contribution in [0.25, 0.3) is 5.57 Å². The second-order valence-corrected chi connectivity index (χ2v) is 5.48. The average molecular weight is 310 g/mol. The topological polar surface area (TPSA) is 63.5 Å². The molecule has 0 radical (unpaired) electrons. The first-order valence-corrected chi connectivity index (χ1v) is 7.13. The first-order valence-electron chi connectivity index (χ1n) is 7.13. The van der Waals surface area contributed by atoms with Gasteiger partial charge < -0.3 is 4.90 Å². The summed E-state index contributed by atoms with van der Waals surface area (Å²) in [7, 11) is 3.55. The van der Waals surface area contributed by atoms with Gasteiger partial charge in [-0.3, -0.25) is 14.9 Å². The maximum absolute atomic E-state index is 12.8. The molecule has 5 heteroatoms. The third-order valence-electron chi connectivity index (χ3n) is 3.34. The van der Waals surface area contributed by atoms with Crippen molar-refractivity contribution in [1.82, 2.24) is 4.90 Å². The van der Waals surface area contributed by atoms with E-state index in [0.717, 1.165) is 5.56 Å². The summed E-state index contributed by atoms with van der Waals surface area (Å²) in [6.45, 7) is 1.94. The molecule has 118 valence electrons. The summed E-state index contributed by atoms with van der Waals surface area (Å²) in [5, 5.41) is 11.3. The lowest BCUT2D eigenvalue weighted by atomic mass is 9.95. The first-order chi connectivity index (χ1) is 10.9. The highest BCUT2D eigenvalue weighted by Crippen LogP contribution is 2.28. The van der Waals surface area contributed by atoms with Crippen LogP contribution in [-0.2, 0) is 0 Å². The summed E-state index contributed by atoms with van der Waals surface area (Å²) < 4.78 is 0. The van der Waals surface area contributed by atoms with Gasteiger partial charge in [0.1, 0.15) is 0 Å². The molecule has 0 spiro atoms. The standard InChI is InChI=1S/C18H18N2O3/c1-13-8-10-14(11-9-13)18(21)16(12-19(2)3)15-6-4-5-7-17(15)20(22)23/h4-12H,1-3H3/b16-12-.